The van der Waals surface area contributed by atoms with E-state index in [1.54, 1.807) is 31.4 Å². The number of rotatable bonds is 8. The fourth-order valence-corrected chi connectivity index (χ4v) is 5.23. The van der Waals surface area contributed by atoms with E-state index in [-0.39, 0.29) is 29.3 Å². The van der Waals surface area contributed by atoms with Crippen LogP contribution in [-0.4, -0.2) is 45.4 Å². The van der Waals surface area contributed by atoms with Crippen LogP contribution in [0.3, 0.4) is 0 Å². The number of sulfonamides is 1. The third-order valence-electron chi connectivity index (χ3n) is 5.50. The Morgan fingerprint density at radius 1 is 1.13 bits per heavy atom. The van der Waals surface area contributed by atoms with Gasteiger partial charge in [0.2, 0.25) is 15.9 Å². The van der Waals surface area contributed by atoms with Crippen LogP contribution in [0.1, 0.15) is 38.3 Å². The molecule has 31 heavy (non-hydrogen) atoms. The van der Waals surface area contributed by atoms with Gasteiger partial charge in [-0.15, -0.1) is 0 Å². The van der Waals surface area contributed by atoms with Gasteiger partial charge in [-0.2, -0.15) is 4.31 Å². The third-order valence-corrected chi connectivity index (χ3v) is 7.38. The molecule has 2 aromatic carbocycles. The summed E-state index contributed by atoms with van der Waals surface area (Å²) in [7, 11) is -2.06. The van der Waals surface area contributed by atoms with Gasteiger partial charge < -0.3 is 14.8 Å². The first-order valence-corrected chi connectivity index (χ1v) is 12.0. The largest absolute Gasteiger partial charge is 0.497 e. The summed E-state index contributed by atoms with van der Waals surface area (Å²) in [5.74, 6) is 0.872. The predicted molar refractivity (Wildman–Crippen MR) is 119 cm³/mol. The molecule has 2 aromatic rings. The number of hydrogen-bond donors (Lipinski definition) is 1. The van der Waals surface area contributed by atoms with Crippen molar-refractivity contribution in [1.82, 2.24) is 9.62 Å². The fraction of sp³-hybridized carbons (Fsp3) is 0.435. The topological polar surface area (TPSA) is 84.9 Å². The van der Waals surface area contributed by atoms with Gasteiger partial charge in [-0.3, -0.25) is 4.79 Å². The number of nitrogens with one attached hydrogen (secondary N) is 1. The molecule has 0 unspecified atom stereocenters. The average molecular weight is 447 g/mol. The summed E-state index contributed by atoms with van der Waals surface area (Å²) in [6.45, 7) is 4.89. The van der Waals surface area contributed by atoms with E-state index in [0.717, 1.165) is 11.3 Å². The van der Waals surface area contributed by atoms with E-state index in [1.807, 2.05) is 38.1 Å². The van der Waals surface area contributed by atoms with E-state index in [4.69, 9.17) is 9.47 Å². The molecule has 1 aliphatic rings. The summed E-state index contributed by atoms with van der Waals surface area (Å²) in [5, 5.41) is 3.02. The van der Waals surface area contributed by atoms with E-state index >= 15 is 0 Å². The second-order valence-corrected chi connectivity index (χ2v) is 9.55. The molecule has 1 N–H and O–H groups in total. The summed E-state index contributed by atoms with van der Waals surface area (Å²) in [6, 6.07) is 13.7. The lowest BCUT2D eigenvalue weighted by Crippen LogP contribution is -2.45. The molecule has 1 aliphatic heterocycles. The van der Waals surface area contributed by atoms with Crippen molar-refractivity contribution in [2.24, 2.45) is 5.92 Å². The van der Waals surface area contributed by atoms with Crippen LogP contribution in [0.2, 0.25) is 0 Å². The lowest BCUT2D eigenvalue weighted by atomic mass is 9.98. The number of carbonyl (C=O) groups is 1. The Kier molecular flexibility index (Phi) is 7.56. The van der Waals surface area contributed by atoms with Gasteiger partial charge in [0.25, 0.3) is 0 Å². The molecule has 168 valence electrons. The van der Waals surface area contributed by atoms with Gasteiger partial charge >= 0.3 is 0 Å². The van der Waals surface area contributed by atoms with Crippen LogP contribution in [0.15, 0.2) is 53.4 Å². The Morgan fingerprint density at radius 2 is 1.77 bits per heavy atom. The number of amides is 1. The van der Waals surface area contributed by atoms with Crippen molar-refractivity contribution >= 4 is 15.9 Å². The van der Waals surface area contributed by atoms with E-state index in [2.05, 4.69) is 5.32 Å². The van der Waals surface area contributed by atoms with Crippen LogP contribution in [0, 0.1) is 5.92 Å². The van der Waals surface area contributed by atoms with Crippen LogP contribution in [0.25, 0.3) is 0 Å². The van der Waals surface area contributed by atoms with Crippen molar-refractivity contribution in [1.29, 1.82) is 0 Å². The molecule has 1 amide bonds. The van der Waals surface area contributed by atoms with Gasteiger partial charge in [0.05, 0.1) is 30.6 Å². The van der Waals surface area contributed by atoms with Gasteiger partial charge in [0, 0.05) is 13.1 Å². The van der Waals surface area contributed by atoms with Crippen molar-refractivity contribution in [2.75, 3.05) is 26.8 Å². The minimum Gasteiger partial charge on any atom is -0.497 e. The van der Waals surface area contributed by atoms with Crippen molar-refractivity contribution in [2.45, 2.75) is 37.6 Å². The molecule has 7 nitrogen and oxygen atoms in total. The highest BCUT2D eigenvalue weighted by Crippen LogP contribution is 2.26. The molecular weight excluding hydrogens is 416 g/mol. The van der Waals surface area contributed by atoms with E-state index in [0.29, 0.717) is 31.7 Å². The highest BCUT2D eigenvalue weighted by atomic mass is 32.2. The molecule has 1 saturated heterocycles. The Bertz CT molecular complexity index is 974. The van der Waals surface area contributed by atoms with Gasteiger partial charge in [-0.1, -0.05) is 12.1 Å². The van der Waals surface area contributed by atoms with Gasteiger partial charge in [-0.05, 0) is 68.7 Å². The molecule has 0 radical (unpaired) electrons. The van der Waals surface area contributed by atoms with Crippen LogP contribution in [-0.2, 0) is 14.8 Å². The van der Waals surface area contributed by atoms with E-state index < -0.39 is 10.0 Å². The summed E-state index contributed by atoms with van der Waals surface area (Å²) in [6.07, 6.45) is 1.31. The quantitative estimate of drug-likeness (QED) is 0.672. The molecule has 2 atom stereocenters. The second kappa shape index (κ2) is 10.2. The van der Waals surface area contributed by atoms with E-state index in [9.17, 15) is 13.2 Å². The SMILES string of the molecule is CCOc1ccc(S(=O)(=O)N2CCC[C@H](C(=O)N[C@@H](C)c3ccc(OC)cc3)C2)cc1. The molecule has 3 rings (SSSR count). The van der Waals surface area contributed by atoms with E-state index in [1.165, 1.54) is 4.31 Å². The van der Waals surface area contributed by atoms with Crippen LogP contribution in [0.4, 0.5) is 0 Å². The maximum Gasteiger partial charge on any atom is 0.243 e. The zero-order valence-electron chi connectivity index (χ0n) is 18.2. The number of nitrogens with zero attached hydrogens (tertiary/aromatic N) is 1. The Hall–Kier alpha value is -2.58. The van der Waals surface area contributed by atoms with Crippen LogP contribution < -0.4 is 14.8 Å². The first-order chi connectivity index (χ1) is 14.8. The van der Waals surface area contributed by atoms with Crippen molar-refractivity contribution in [3.63, 3.8) is 0 Å². The zero-order valence-corrected chi connectivity index (χ0v) is 19.0. The number of ether oxygens (including phenoxy) is 2. The number of benzene rings is 2. The number of piperidine rings is 1. The van der Waals surface area contributed by atoms with Crippen molar-refractivity contribution in [3.05, 3.63) is 54.1 Å². The van der Waals surface area contributed by atoms with Gasteiger partial charge in [0.15, 0.2) is 0 Å². The highest BCUT2D eigenvalue weighted by molar-refractivity contribution is 7.89. The number of methoxy groups -OCH3 is 1. The zero-order chi connectivity index (χ0) is 22.4. The Labute approximate surface area is 184 Å². The highest BCUT2D eigenvalue weighted by Gasteiger charge is 2.33. The molecule has 0 spiro atoms. The first-order valence-electron chi connectivity index (χ1n) is 10.5. The predicted octanol–water partition coefficient (Wildman–Crippen LogP) is 3.37. The minimum absolute atomic E-state index is 0.130. The van der Waals surface area contributed by atoms with Crippen LogP contribution >= 0.6 is 0 Å². The molecule has 0 bridgehead atoms. The second-order valence-electron chi connectivity index (χ2n) is 7.61. The first kappa shape index (κ1) is 23.1. The lowest BCUT2D eigenvalue weighted by Gasteiger charge is -2.32. The lowest BCUT2D eigenvalue weighted by molar-refractivity contribution is -0.126. The van der Waals surface area contributed by atoms with Crippen molar-refractivity contribution in [3.8, 4) is 11.5 Å². The normalized spacial score (nSPS) is 18.2. The Morgan fingerprint density at radius 3 is 2.39 bits per heavy atom. The monoisotopic (exact) mass is 446 g/mol. The summed E-state index contributed by atoms with van der Waals surface area (Å²) >= 11 is 0. The third kappa shape index (κ3) is 5.57. The number of hydrogen-bond acceptors (Lipinski definition) is 5. The molecule has 1 heterocycles. The van der Waals surface area contributed by atoms with Gasteiger partial charge in [-0.25, -0.2) is 8.42 Å². The number of carbonyl (C=O) groups excluding carboxylic acids is 1. The molecule has 0 saturated carbocycles. The van der Waals surface area contributed by atoms with Gasteiger partial charge in [0.1, 0.15) is 11.5 Å². The average Bonchev–Trinajstić information content (AvgIpc) is 2.79. The molecule has 0 aromatic heterocycles. The molecule has 1 fully saturated rings. The fourth-order valence-electron chi connectivity index (χ4n) is 3.71. The molecule has 8 heteroatoms. The Balaban J connectivity index is 1.65. The molecular formula is C23H30N2O5S. The molecule has 0 aliphatic carbocycles. The maximum atomic E-state index is 13.1. The summed E-state index contributed by atoms with van der Waals surface area (Å²) in [5.41, 5.74) is 0.962. The standard InChI is InChI=1S/C23H30N2O5S/c1-4-30-21-11-13-22(14-12-21)31(27,28)25-15-5-6-19(16-25)23(26)24-17(2)18-7-9-20(29-3)10-8-18/h7-14,17,19H,4-6,15-16H2,1-3H3,(H,24,26)/t17-,19-/m0/s1. The summed E-state index contributed by atoms with van der Waals surface area (Å²) < 4.78 is 38.1. The maximum absolute atomic E-state index is 13.1. The summed E-state index contributed by atoms with van der Waals surface area (Å²) in [4.78, 5) is 13.1. The minimum atomic E-state index is -3.66. The van der Waals surface area contributed by atoms with Crippen molar-refractivity contribution < 1.29 is 22.7 Å². The van der Waals surface area contributed by atoms with Crippen LogP contribution in [0.5, 0.6) is 11.5 Å². The smallest absolute Gasteiger partial charge is 0.243 e.